The van der Waals surface area contributed by atoms with Gasteiger partial charge in [0.2, 0.25) is 0 Å². The highest BCUT2D eigenvalue weighted by Crippen LogP contribution is 2.38. The molecule has 1 heterocycles. The number of halogens is 3. The van der Waals surface area contributed by atoms with Crippen LogP contribution in [-0.2, 0) is 0 Å². The molecule has 0 fully saturated rings. The largest absolute Gasteiger partial charge is 0.469 e. The SMILES string of the molecule is O=[N+]([O-])C1=Cc2cc([N+](=O)[O-])ccc2O[C@@H]1C(F)(F)F. The van der Waals surface area contributed by atoms with E-state index in [1.54, 1.807) is 0 Å². The summed E-state index contributed by atoms with van der Waals surface area (Å²) in [6.07, 6.45) is -7.03. The second-order valence-corrected chi connectivity index (χ2v) is 3.85. The molecule has 10 heteroatoms. The van der Waals surface area contributed by atoms with Crippen molar-refractivity contribution in [3.63, 3.8) is 0 Å². The summed E-state index contributed by atoms with van der Waals surface area (Å²) in [5, 5.41) is 21.2. The van der Waals surface area contributed by atoms with E-state index in [0.29, 0.717) is 6.08 Å². The van der Waals surface area contributed by atoms with Gasteiger partial charge < -0.3 is 4.74 Å². The lowest BCUT2D eigenvalue weighted by atomic mass is 10.1. The van der Waals surface area contributed by atoms with Crippen LogP contribution in [0.3, 0.4) is 0 Å². The number of rotatable bonds is 2. The van der Waals surface area contributed by atoms with Crippen molar-refractivity contribution in [2.24, 2.45) is 0 Å². The van der Waals surface area contributed by atoms with Crippen molar-refractivity contribution in [3.05, 3.63) is 49.7 Å². The lowest BCUT2D eigenvalue weighted by Crippen LogP contribution is -2.40. The molecule has 1 atom stereocenters. The van der Waals surface area contributed by atoms with Crippen LogP contribution in [0.25, 0.3) is 6.08 Å². The standard InChI is InChI=1S/C10H5F3N2O5/c11-10(12,13)9-7(15(18)19)4-5-3-6(14(16)17)1-2-8(5)20-9/h1-4,9H/t9-/m0/s1. The van der Waals surface area contributed by atoms with Crippen LogP contribution in [0.1, 0.15) is 5.56 Å². The maximum Gasteiger partial charge on any atom is 0.436 e. The second kappa shape index (κ2) is 4.47. The predicted octanol–water partition coefficient (Wildman–Crippen LogP) is 2.54. The van der Waals surface area contributed by atoms with Gasteiger partial charge in [-0.15, -0.1) is 0 Å². The number of nitro groups is 2. The van der Waals surface area contributed by atoms with E-state index in [2.05, 4.69) is 4.74 Å². The number of nitro benzene ring substituents is 1. The molecular formula is C10H5F3N2O5. The maximum atomic E-state index is 12.7. The Morgan fingerprint density at radius 2 is 1.80 bits per heavy atom. The van der Waals surface area contributed by atoms with Crippen molar-refractivity contribution in [1.29, 1.82) is 0 Å². The number of nitrogens with zero attached hydrogens (tertiary/aromatic N) is 2. The molecule has 0 N–H and O–H groups in total. The Morgan fingerprint density at radius 3 is 2.30 bits per heavy atom. The molecule has 1 aliphatic rings. The molecule has 1 aromatic carbocycles. The van der Waals surface area contributed by atoms with Crippen molar-refractivity contribution >= 4 is 11.8 Å². The molecule has 7 nitrogen and oxygen atoms in total. The summed E-state index contributed by atoms with van der Waals surface area (Å²) >= 11 is 0. The van der Waals surface area contributed by atoms with Crippen molar-refractivity contribution in [2.75, 3.05) is 0 Å². The van der Waals surface area contributed by atoms with Gasteiger partial charge in [-0.2, -0.15) is 13.2 Å². The van der Waals surface area contributed by atoms with Crippen LogP contribution in [0.4, 0.5) is 18.9 Å². The van der Waals surface area contributed by atoms with E-state index in [9.17, 15) is 33.4 Å². The lowest BCUT2D eigenvalue weighted by Gasteiger charge is -2.23. The van der Waals surface area contributed by atoms with Gasteiger partial charge in [-0.1, -0.05) is 0 Å². The number of fused-ring (bicyclic) bond motifs is 1. The summed E-state index contributed by atoms with van der Waals surface area (Å²) in [5.41, 5.74) is -1.77. The molecule has 2 rings (SSSR count). The zero-order valence-electron chi connectivity index (χ0n) is 9.46. The molecule has 1 aromatic rings. The van der Waals surface area contributed by atoms with Gasteiger partial charge in [-0.05, 0) is 6.07 Å². The number of ether oxygens (including phenoxy) is 1. The van der Waals surface area contributed by atoms with Crippen LogP contribution >= 0.6 is 0 Å². The highest BCUT2D eigenvalue weighted by Gasteiger charge is 2.52. The molecule has 0 spiro atoms. The molecule has 20 heavy (non-hydrogen) atoms. The number of alkyl halides is 3. The Bertz CT molecular complexity index is 626. The predicted molar refractivity (Wildman–Crippen MR) is 58.5 cm³/mol. The Balaban J connectivity index is 2.54. The summed E-state index contributed by atoms with van der Waals surface area (Å²) in [4.78, 5) is 19.2. The number of non-ortho nitro benzene ring substituents is 1. The third kappa shape index (κ3) is 2.39. The van der Waals surface area contributed by atoms with Gasteiger partial charge in [0.1, 0.15) is 5.75 Å². The average molecular weight is 290 g/mol. The Morgan fingerprint density at radius 1 is 1.15 bits per heavy atom. The summed E-state index contributed by atoms with van der Waals surface area (Å²) in [6, 6.07) is 2.84. The van der Waals surface area contributed by atoms with Gasteiger partial charge in [0.15, 0.2) is 0 Å². The van der Waals surface area contributed by atoms with Crippen molar-refractivity contribution in [1.82, 2.24) is 0 Å². The zero-order chi connectivity index (χ0) is 15.1. The van der Waals surface area contributed by atoms with E-state index in [1.807, 2.05) is 0 Å². The smallest absolute Gasteiger partial charge is 0.436 e. The van der Waals surface area contributed by atoms with Gasteiger partial charge in [0.25, 0.3) is 17.5 Å². The Kier molecular flexibility index (Phi) is 3.08. The summed E-state index contributed by atoms with van der Waals surface area (Å²) in [5.74, 6) is -0.302. The van der Waals surface area contributed by atoms with Crippen molar-refractivity contribution < 1.29 is 27.8 Å². The molecule has 0 radical (unpaired) electrons. The van der Waals surface area contributed by atoms with E-state index < -0.39 is 33.5 Å². The topological polar surface area (TPSA) is 95.5 Å². The van der Waals surface area contributed by atoms with Crippen LogP contribution in [0.5, 0.6) is 5.75 Å². The Hall–Kier alpha value is -2.65. The van der Waals surface area contributed by atoms with Gasteiger partial charge in [0, 0.05) is 23.8 Å². The van der Waals surface area contributed by atoms with Crippen molar-refractivity contribution in [2.45, 2.75) is 12.3 Å². The fourth-order valence-electron chi connectivity index (χ4n) is 1.67. The van der Waals surface area contributed by atoms with Crippen LogP contribution < -0.4 is 4.74 Å². The molecule has 0 bridgehead atoms. The fraction of sp³-hybridized carbons (Fsp3) is 0.200. The molecule has 0 aliphatic carbocycles. The quantitative estimate of drug-likeness (QED) is 0.616. The van der Waals surface area contributed by atoms with Crippen LogP contribution in [0, 0.1) is 20.2 Å². The summed E-state index contributed by atoms with van der Waals surface area (Å²) < 4.78 is 42.6. The third-order valence-electron chi connectivity index (χ3n) is 2.53. The van der Waals surface area contributed by atoms with Crippen LogP contribution in [0.15, 0.2) is 23.9 Å². The molecule has 0 aromatic heterocycles. The number of benzene rings is 1. The van der Waals surface area contributed by atoms with E-state index in [-0.39, 0.29) is 11.3 Å². The first-order chi connectivity index (χ1) is 9.20. The van der Waals surface area contributed by atoms with Gasteiger partial charge in [-0.25, -0.2) is 0 Å². The highest BCUT2D eigenvalue weighted by atomic mass is 19.4. The Labute approximate surface area is 108 Å². The fourth-order valence-corrected chi connectivity index (χ4v) is 1.67. The molecule has 1 aliphatic heterocycles. The summed E-state index contributed by atoms with van der Waals surface area (Å²) in [7, 11) is 0. The van der Waals surface area contributed by atoms with E-state index in [1.165, 1.54) is 0 Å². The van der Waals surface area contributed by atoms with Crippen molar-refractivity contribution in [3.8, 4) is 5.75 Å². The van der Waals surface area contributed by atoms with E-state index in [4.69, 9.17) is 0 Å². The first-order valence-corrected chi connectivity index (χ1v) is 5.08. The first-order valence-electron chi connectivity index (χ1n) is 5.08. The van der Waals surface area contributed by atoms with Crippen LogP contribution in [-0.4, -0.2) is 22.1 Å². The minimum atomic E-state index is -4.96. The minimum absolute atomic E-state index is 0.147. The maximum absolute atomic E-state index is 12.7. The zero-order valence-corrected chi connectivity index (χ0v) is 9.46. The first kappa shape index (κ1) is 13.8. The molecule has 0 amide bonds. The molecule has 106 valence electrons. The molecular weight excluding hydrogens is 285 g/mol. The lowest BCUT2D eigenvalue weighted by molar-refractivity contribution is -0.443. The number of hydrogen-bond donors (Lipinski definition) is 0. The van der Waals surface area contributed by atoms with Crippen LogP contribution in [0.2, 0.25) is 0 Å². The summed E-state index contributed by atoms with van der Waals surface area (Å²) in [6.45, 7) is 0. The molecule has 0 saturated heterocycles. The highest BCUT2D eigenvalue weighted by molar-refractivity contribution is 5.64. The second-order valence-electron chi connectivity index (χ2n) is 3.85. The third-order valence-corrected chi connectivity index (χ3v) is 2.53. The molecule has 0 saturated carbocycles. The monoisotopic (exact) mass is 290 g/mol. The van der Waals surface area contributed by atoms with Gasteiger partial charge >= 0.3 is 6.18 Å². The van der Waals surface area contributed by atoms with Gasteiger partial charge in [0.05, 0.1) is 9.85 Å². The van der Waals surface area contributed by atoms with Gasteiger partial charge in [-0.3, -0.25) is 20.2 Å². The van der Waals surface area contributed by atoms with E-state index >= 15 is 0 Å². The normalized spacial score (nSPS) is 17.8. The molecule has 0 unspecified atom stereocenters. The minimum Gasteiger partial charge on any atom is -0.469 e. The number of hydrogen-bond acceptors (Lipinski definition) is 5. The van der Waals surface area contributed by atoms with E-state index in [0.717, 1.165) is 18.2 Å². The average Bonchev–Trinajstić information content (AvgIpc) is 2.35.